The lowest BCUT2D eigenvalue weighted by molar-refractivity contribution is -0.120. The van der Waals surface area contributed by atoms with Gasteiger partial charge in [-0.1, -0.05) is 6.07 Å². The Morgan fingerprint density at radius 1 is 1.31 bits per heavy atom. The van der Waals surface area contributed by atoms with Crippen LogP contribution >= 0.6 is 0 Å². The molecule has 0 spiro atoms. The minimum atomic E-state index is -0.609. The van der Waals surface area contributed by atoms with Gasteiger partial charge in [0.05, 0.1) is 23.9 Å². The van der Waals surface area contributed by atoms with Gasteiger partial charge in [0, 0.05) is 18.3 Å². The number of carbonyl (C=O) groups is 1. The third-order valence-electron chi connectivity index (χ3n) is 4.22. The summed E-state index contributed by atoms with van der Waals surface area (Å²) in [6.45, 7) is 5.48. The predicted octanol–water partition coefficient (Wildman–Crippen LogP) is 2.80. The van der Waals surface area contributed by atoms with E-state index in [2.05, 4.69) is 10.3 Å². The zero-order valence-electron chi connectivity index (χ0n) is 15.1. The fourth-order valence-corrected chi connectivity index (χ4v) is 2.87. The lowest BCUT2D eigenvalue weighted by Crippen LogP contribution is -2.32. The maximum atomic E-state index is 13.6. The van der Waals surface area contributed by atoms with Crippen LogP contribution < -0.4 is 5.32 Å². The van der Waals surface area contributed by atoms with Crippen molar-refractivity contribution in [3.63, 3.8) is 0 Å². The number of rotatable bonds is 5. The largest absolute Gasteiger partial charge is 0.392 e. The van der Waals surface area contributed by atoms with Crippen LogP contribution in [0.5, 0.6) is 0 Å². The third-order valence-corrected chi connectivity index (χ3v) is 4.22. The Kier molecular flexibility index (Phi) is 5.04. The number of pyridine rings is 1. The lowest BCUT2D eigenvalue weighted by atomic mass is 10.1. The van der Waals surface area contributed by atoms with E-state index >= 15 is 0 Å². The molecule has 0 aliphatic carbocycles. The number of fused-ring (bicyclic) bond motifs is 1. The molecule has 0 saturated heterocycles. The summed E-state index contributed by atoms with van der Waals surface area (Å²) in [5.74, 6) is -0.473. The molecule has 0 fully saturated rings. The maximum Gasteiger partial charge on any atom is 0.226 e. The molecule has 26 heavy (non-hydrogen) atoms. The number of benzene rings is 1. The van der Waals surface area contributed by atoms with Gasteiger partial charge in [0.2, 0.25) is 5.91 Å². The molecule has 2 aromatic heterocycles. The average Bonchev–Trinajstić information content (AvgIpc) is 2.93. The number of amides is 1. The summed E-state index contributed by atoms with van der Waals surface area (Å²) in [6.07, 6.45) is 1.44. The van der Waals surface area contributed by atoms with Crippen LogP contribution in [0.25, 0.3) is 16.9 Å². The van der Waals surface area contributed by atoms with Gasteiger partial charge >= 0.3 is 0 Å². The number of carbonyl (C=O) groups excluding carboxylic acids is 1. The quantitative estimate of drug-likeness (QED) is 0.740. The van der Waals surface area contributed by atoms with Gasteiger partial charge < -0.3 is 14.8 Å². The van der Waals surface area contributed by atoms with Crippen molar-refractivity contribution in [1.82, 2.24) is 14.7 Å². The molecule has 0 aliphatic heterocycles. The molecule has 1 aromatic carbocycles. The van der Waals surface area contributed by atoms with Crippen molar-refractivity contribution in [2.24, 2.45) is 0 Å². The van der Waals surface area contributed by atoms with Crippen molar-refractivity contribution >= 4 is 11.6 Å². The fourth-order valence-electron chi connectivity index (χ4n) is 2.87. The van der Waals surface area contributed by atoms with Gasteiger partial charge in [0.25, 0.3) is 0 Å². The van der Waals surface area contributed by atoms with Crippen LogP contribution in [0.15, 0.2) is 36.5 Å². The molecule has 0 bridgehead atoms. The van der Waals surface area contributed by atoms with Gasteiger partial charge in [-0.05, 0) is 56.2 Å². The molecule has 1 unspecified atom stereocenters. The average molecular weight is 355 g/mol. The molecular formula is C20H22FN3O2. The third kappa shape index (κ3) is 3.75. The highest BCUT2D eigenvalue weighted by Gasteiger charge is 2.18. The van der Waals surface area contributed by atoms with E-state index in [0.29, 0.717) is 11.3 Å². The number of aliphatic hydroxyl groups excluding tert-OH is 1. The minimum Gasteiger partial charge on any atom is -0.392 e. The normalized spacial score (nSPS) is 12.3. The maximum absolute atomic E-state index is 13.6. The van der Waals surface area contributed by atoms with E-state index < -0.39 is 6.10 Å². The molecule has 3 rings (SSSR count). The summed E-state index contributed by atoms with van der Waals surface area (Å²) in [5.41, 5.74) is 4.46. The molecule has 0 saturated carbocycles. The first-order chi connectivity index (χ1) is 12.3. The SMILES string of the molecule is Cc1ccc2nc(-c3ccc(F)c(C)c3)c(CC(=O)NCC(C)O)n2c1. The van der Waals surface area contributed by atoms with Crippen LogP contribution in [0.1, 0.15) is 23.7 Å². The number of aromatic nitrogens is 2. The molecule has 1 atom stereocenters. The summed E-state index contributed by atoms with van der Waals surface area (Å²) >= 11 is 0. The molecule has 2 N–H and O–H groups in total. The Bertz CT molecular complexity index is 963. The highest BCUT2D eigenvalue weighted by atomic mass is 19.1. The van der Waals surface area contributed by atoms with Crippen LogP contribution in [0.4, 0.5) is 4.39 Å². The van der Waals surface area contributed by atoms with E-state index in [4.69, 9.17) is 0 Å². The number of nitrogens with zero attached hydrogens (tertiary/aromatic N) is 2. The Labute approximate surface area is 151 Å². The van der Waals surface area contributed by atoms with Crippen LogP contribution in [-0.4, -0.2) is 33.0 Å². The number of imidazole rings is 1. The standard InChI is InChI=1S/C20H22FN3O2/c1-12-4-7-18-23-20(15-5-6-16(21)13(2)8-15)17(24(18)11-12)9-19(26)22-10-14(3)25/h4-8,11,14,25H,9-10H2,1-3H3,(H,22,26). The zero-order valence-corrected chi connectivity index (χ0v) is 15.1. The lowest BCUT2D eigenvalue weighted by Gasteiger charge is -2.09. The van der Waals surface area contributed by atoms with E-state index in [0.717, 1.165) is 22.5 Å². The Hall–Kier alpha value is -2.73. The van der Waals surface area contributed by atoms with Crippen LogP contribution in [0, 0.1) is 19.7 Å². The Morgan fingerprint density at radius 2 is 2.08 bits per heavy atom. The van der Waals surface area contributed by atoms with E-state index in [-0.39, 0.29) is 24.7 Å². The molecule has 1 amide bonds. The molecule has 3 aromatic rings. The second-order valence-corrected chi connectivity index (χ2v) is 6.64. The fraction of sp³-hybridized carbons (Fsp3) is 0.300. The van der Waals surface area contributed by atoms with Crippen molar-refractivity contribution in [1.29, 1.82) is 0 Å². The zero-order chi connectivity index (χ0) is 18.8. The van der Waals surface area contributed by atoms with Crippen molar-refractivity contribution in [3.8, 4) is 11.3 Å². The van der Waals surface area contributed by atoms with Crippen LogP contribution in [0.2, 0.25) is 0 Å². The van der Waals surface area contributed by atoms with Crippen molar-refractivity contribution < 1.29 is 14.3 Å². The number of hydrogen-bond acceptors (Lipinski definition) is 3. The van der Waals surface area contributed by atoms with E-state index in [9.17, 15) is 14.3 Å². The van der Waals surface area contributed by atoms with Gasteiger partial charge in [0.1, 0.15) is 11.5 Å². The first-order valence-corrected chi connectivity index (χ1v) is 8.54. The number of aryl methyl sites for hydroxylation is 2. The summed E-state index contributed by atoms with van der Waals surface area (Å²) in [5, 5.41) is 12.1. The number of hydrogen-bond donors (Lipinski definition) is 2. The van der Waals surface area contributed by atoms with Gasteiger partial charge in [-0.2, -0.15) is 0 Å². The van der Waals surface area contributed by atoms with Crippen molar-refractivity contribution in [2.45, 2.75) is 33.3 Å². The molecule has 2 heterocycles. The number of aliphatic hydroxyl groups is 1. The van der Waals surface area contributed by atoms with Crippen LogP contribution in [0.3, 0.4) is 0 Å². The van der Waals surface area contributed by atoms with Crippen molar-refractivity contribution in [3.05, 3.63) is 59.2 Å². The monoisotopic (exact) mass is 355 g/mol. The molecule has 0 radical (unpaired) electrons. The number of nitrogens with one attached hydrogen (secondary N) is 1. The first kappa shape index (κ1) is 18.1. The van der Waals surface area contributed by atoms with Crippen molar-refractivity contribution in [2.75, 3.05) is 6.54 Å². The highest BCUT2D eigenvalue weighted by Crippen LogP contribution is 2.27. The topological polar surface area (TPSA) is 66.6 Å². The molecular weight excluding hydrogens is 333 g/mol. The summed E-state index contributed by atoms with van der Waals surface area (Å²) in [6, 6.07) is 8.68. The first-order valence-electron chi connectivity index (χ1n) is 8.54. The number of halogens is 1. The minimum absolute atomic E-state index is 0.114. The summed E-state index contributed by atoms with van der Waals surface area (Å²) < 4.78 is 15.5. The molecule has 0 aliphatic rings. The molecule has 6 heteroatoms. The van der Waals surface area contributed by atoms with Gasteiger partial charge in [-0.15, -0.1) is 0 Å². The summed E-state index contributed by atoms with van der Waals surface area (Å²) in [4.78, 5) is 17.0. The second-order valence-electron chi connectivity index (χ2n) is 6.64. The smallest absolute Gasteiger partial charge is 0.226 e. The van der Waals surface area contributed by atoms with Crippen LogP contribution in [-0.2, 0) is 11.2 Å². The summed E-state index contributed by atoms with van der Waals surface area (Å²) in [7, 11) is 0. The van der Waals surface area contributed by atoms with E-state index in [1.807, 2.05) is 29.7 Å². The van der Waals surface area contributed by atoms with Gasteiger partial charge in [0.15, 0.2) is 0 Å². The Balaban J connectivity index is 2.07. The predicted molar refractivity (Wildman–Crippen MR) is 98.5 cm³/mol. The Morgan fingerprint density at radius 3 is 2.77 bits per heavy atom. The second kappa shape index (κ2) is 7.25. The van der Waals surface area contributed by atoms with Gasteiger partial charge in [-0.25, -0.2) is 9.37 Å². The van der Waals surface area contributed by atoms with E-state index in [1.165, 1.54) is 6.07 Å². The van der Waals surface area contributed by atoms with Gasteiger partial charge in [-0.3, -0.25) is 4.79 Å². The van der Waals surface area contributed by atoms with E-state index in [1.54, 1.807) is 26.0 Å². The molecule has 5 nitrogen and oxygen atoms in total. The highest BCUT2D eigenvalue weighted by molar-refractivity contribution is 5.81. The molecule has 136 valence electrons.